The normalized spacial score (nSPS) is 10.8. The molecule has 5 nitrogen and oxygen atoms in total. The summed E-state index contributed by atoms with van der Waals surface area (Å²) < 4.78 is 0. The highest BCUT2D eigenvalue weighted by Crippen LogP contribution is 2.17. The molecule has 0 aromatic heterocycles. The molecule has 0 aliphatic rings. The zero-order chi connectivity index (χ0) is 15.9. The predicted octanol–water partition coefficient (Wildman–Crippen LogP) is 3.19. The van der Waals surface area contributed by atoms with Crippen LogP contribution in [0.5, 0.6) is 0 Å². The van der Waals surface area contributed by atoms with Crippen molar-refractivity contribution >= 4 is 23.5 Å². The van der Waals surface area contributed by atoms with E-state index in [9.17, 15) is 10.1 Å². The third-order valence-corrected chi connectivity index (χ3v) is 3.34. The van der Waals surface area contributed by atoms with Gasteiger partial charge >= 0.3 is 0 Å². The quantitative estimate of drug-likeness (QED) is 0.505. The molecule has 0 unspecified atom stereocenters. The third kappa shape index (κ3) is 4.17. The maximum absolute atomic E-state index is 10.6. The molecule has 2 rings (SSSR count). The van der Waals surface area contributed by atoms with Gasteiger partial charge in [-0.15, -0.1) is 0 Å². The Kier molecular flexibility index (Phi) is 5.27. The van der Waals surface area contributed by atoms with Crippen molar-refractivity contribution in [3.8, 4) is 0 Å². The maximum atomic E-state index is 10.6. The van der Waals surface area contributed by atoms with Gasteiger partial charge in [-0.2, -0.15) is 0 Å². The lowest BCUT2D eigenvalue weighted by Gasteiger charge is -2.17. The SMILES string of the molecule is CN(CCO)c1ccc(/C=C/c2ccc([N+](=O)[O-])cc2)cc1. The molecule has 114 valence electrons. The number of benzene rings is 2. The number of hydrogen-bond acceptors (Lipinski definition) is 4. The first-order valence-electron chi connectivity index (χ1n) is 6.95. The second kappa shape index (κ2) is 7.38. The minimum absolute atomic E-state index is 0.0911. The van der Waals surface area contributed by atoms with E-state index in [4.69, 9.17) is 5.11 Å². The van der Waals surface area contributed by atoms with Gasteiger partial charge in [-0.3, -0.25) is 10.1 Å². The van der Waals surface area contributed by atoms with Crippen molar-refractivity contribution in [2.24, 2.45) is 0 Å². The molecule has 0 aliphatic carbocycles. The highest BCUT2D eigenvalue weighted by atomic mass is 16.6. The molecular formula is C17H18N2O3. The summed E-state index contributed by atoms with van der Waals surface area (Å²) in [5.74, 6) is 0. The van der Waals surface area contributed by atoms with E-state index in [2.05, 4.69) is 0 Å². The van der Waals surface area contributed by atoms with Crippen LogP contribution in [-0.2, 0) is 0 Å². The Balaban J connectivity index is 2.05. The van der Waals surface area contributed by atoms with E-state index in [1.165, 1.54) is 12.1 Å². The largest absolute Gasteiger partial charge is 0.395 e. The lowest BCUT2D eigenvalue weighted by Crippen LogP contribution is -2.20. The van der Waals surface area contributed by atoms with Gasteiger partial charge in [0.1, 0.15) is 0 Å². The van der Waals surface area contributed by atoms with Crippen LogP contribution in [0.2, 0.25) is 0 Å². The molecule has 0 atom stereocenters. The van der Waals surface area contributed by atoms with Crippen molar-refractivity contribution in [1.82, 2.24) is 0 Å². The van der Waals surface area contributed by atoms with Gasteiger partial charge < -0.3 is 10.0 Å². The average molecular weight is 298 g/mol. The van der Waals surface area contributed by atoms with Crippen molar-refractivity contribution in [2.75, 3.05) is 25.1 Å². The first-order chi connectivity index (χ1) is 10.6. The number of anilines is 1. The first-order valence-corrected chi connectivity index (χ1v) is 6.95. The minimum atomic E-state index is -0.408. The van der Waals surface area contributed by atoms with E-state index in [1.807, 2.05) is 48.4 Å². The van der Waals surface area contributed by atoms with E-state index in [-0.39, 0.29) is 12.3 Å². The second-order valence-corrected chi connectivity index (χ2v) is 4.92. The molecule has 0 amide bonds. The van der Waals surface area contributed by atoms with Gasteiger partial charge in [0.15, 0.2) is 0 Å². The van der Waals surface area contributed by atoms with Crippen LogP contribution in [0.15, 0.2) is 48.5 Å². The van der Waals surface area contributed by atoms with Crippen LogP contribution in [-0.4, -0.2) is 30.2 Å². The van der Waals surface area contributed by atoms with Crippen LogP contribution in [0.4, 0.5) is 11.4 Å². The van der Waals surface area contributed by atoms with Crippen molar-refractivity contribution in [2.45, 2.75) is 0 Å². The molecule has 5 heteroatoms. The second-order valence-electron chi connectivity index (χ2n) is 4.92. The molecule has 2 aromatic rings. The van der Waals surface area contributed by atoms with Crippen LogP contribution in [0.1, 0.15) is 11.1 Å². The number of aliphatic hydroxyl groups is 1. The lowest BCUT2D eigenvalue weighted by molar-refractivity contribution is -0.384. The Morgan fingerprint density at radius 2 is 1.55 bits per heavy atom. The number of nitrogens with zero attached hydrogens (tertiary/aromatic N) is 2. The number of aliphatic hydroxyl groups excluding tert-OH is 1. The Hall–Kier alpha value is -2.66. The molecule has 0 bridgehead atoms. The maximum Gasteiger partial charge on any atom is 0.269 e. The fraction of sp³-hybridized carbons (Fsp3) is 0.176. The summed E-state index contributed by atoms with van der Waals surface area (Å²) in [7, 11) is 1.93. The van der Waals surface area contributed by atoms with E-state index in [0.717, 1.165) is 16.8 Å². The molecule has 0 spiro atoms. The number of hydrogen-bond donors (Lipinski definition) is 1. The van der Waals surface area contributed by atoms with Gasteiger partial charge in [0.25, 0.3) is 5.69 Å². The van der Waals surface area contributed by atoms with Crippen molar-refractivity contribution in [3.63, 3.8) is 0 Å². The highest BCUT2D eigenvalue weighted by molar-refractivity contribution is 5.70. The molecular weight excluding hydrogens is 280 g/mol. The molecule has 0 heterocycles. The Bertz CT molecular complexity index is 649. The fourth-order valence-corrected chi connectivity index (χ4v) is 2.02. The van der Waals surface area contributed by atoms with Gasteiger partial charge in [0.2, 0.25) is 0 Å². The number of likely N-dealkylation sites (N-methyl/N-ethyl adjacent to an activating group) is 1. The van der Waals surface area contributed by atoms with Gasteiger partial charge in [0, 0.05) is 31.4 Å². The van der Waals surface area contributed by atoms with E-state index >= 15 is 0 Å². The van der Waals surface area contributed by atoms with Gasteiger partial charge in [0.05, 0.1) is 11.5 Å². The number of nitro groups is 1. The molecule has 0 saturated carbocycles. The average Bonchev–Trinajstić information content (AvgIpc) is 2.54. The van der Waals surface area contributed by atoms with Crippen LogP contribution in [0.3, 0.4) is 0 Å². The molecule has 0 fully saturated rings. The summed E-state index contributed by atoms with van der Waals surface area (Å²) in [6.45, 7) is 0.719. The van der Waals surface area contributed by atoms with Crippen LogP contribution in [0, 0.1) is 10.1 Å². The zero-order valence-electron chi connectivity index (χ0n) is 12.3. The fourth-order valence-electron chi connectivity index (χ4n) is 2.02. The third-order valence-electron chi connectivity index (χ3n) is 3.34. The topological polar surface area (TPSA) is 66.6 Å². The molecule has 0 saturated heterocycles. The monoisotopic (exact) mass is 298 g/mol. The number of nitro benzene ring substituents is 1. The first kappa shape index (κ1) is 15.7. The van der Waals surface area contributed by atoms with Crippen molar-refractivity contribution in [3.05, 3.63) is 69.8 Å². The summed E-state index contributed by atoms with van der Waals surface area (Å²) >= 11 is 0. The lowest BCUT2D eigenvalue weighted by atomic mass is 10.1. The molecule has 0 radical (unpaired) electrons. The Morgan fingerprint density at radius 1 is 1.05 bits per heavy atom. The van der Waals surface area contributed by atoms with Gasteiger partial charge in [-0.25, -0.2) is 0 Å². The van der Waals surface area contributed by atoms with Crippen LogP contribution in [0.25, 0.3) is 12.2 Å². The van der Waals surface area contributed by atoms with E-state index < -0.39 is 4.92 Å². The number of non-ortho nitro benzene ring substituents is 1. The molecule has 2 aromatic carbocycles. The number of rotatable bonds is 6. The molecule has 0 aliphatic heterocycles. The van der Waals surface area contributed by atoms with E-state index in [0.29, 0.717) is 6.54 Å². The standard InChI is InChI=1S/C17H18N2O3/c1-18(12-13-20)16-8-4-14(5-9-16)2-3-15-6-10-17(11-7-15)19(21)22/h2-11,20H,12-13H2,1H3/b3-2+. The summed E-state index contributed by atoms with van der Waals surface area (Å²) in [5, 5.41) is 19.5. The van der Waals surface area contributed by atoms with Crippen LogP contribution < -0.4 is 4.90 Å². The summed E-state index contributed by atoms with van der Waals surface area (Å²) in [4.78, 5) is 12.2. The van der Waals surface area contributed by atoms with Crippen molar-refractivity contribution < 1.29 is 10.0 Å². The van der Waals surface area contributed by atoms with E-state index in [1.54, 1.807) is 12.1 Å². The highest BCUT2D eigenvalue weighted by Gasteiger charge is 2.02. The predicted molar refractivity (Wildman–Crippen MR) is 88.8 cm³/mol. The Morgan fingerprint density at radius 3 is 2.00 bits per heavy atom. The zero-order valence-corrected chi connectivity index (χ0v) is 12.3. The smallest absolute Gasteiger partial charge is 0.269 e. The summed E-state index contributed by atoms with van der Waals surface area (Å²) in [5.41, 5.74) is 3.08. The summed E-state index contributed by atoms with van der Waals surface area (Å²) in [6.07, 6.45) is 3.87. The minimum Gasteiger partial charge on any atom is -0.395 e. The van der Waals surface area contributed by atoms with Gasteiger partial charge in [-0.1, -0.05) is 24.3 Å². The Labute approximate surface area is 129 Å². The summed E-state index contributed by atoms with van der Waals surface area (Å²) in [6, 6.07) is 14.4. The van der Waals surface area contributed by atoms with Crippen LogP contribution >= 0.6 is 0 Å². The molecule has 22 heavy (non-hydrogen) atoms. The molecule has 1 N–H and O–H groups in total. The van der Waals surface area contributed by atoms with Gasteiger partial charge in [-0.05, 0) is 35.4 Å². The van der Waals surface area contributed by atoms with Crippen molar-refractivity contribution in [1.29, 1.82) is 0 Å².